The molecule has 3 aliphatic rings. The van der Waals surface area contributed by atoms with Crippen molar-refractivity contribution in [2.75, 3.05) is 19.7 Å². The monoisotopic (exact) mass is 361 g/mol. The summed E-state index contributed by atoms with van der Waals surface area (Å²) in [4.78, 5) is 18.9. The van der Waals surface area contributed by atoms with Crippen LogP contribution in [0.1, 0.15) is 76.4 Å². The van der Waals surface area contributed by atoms with Crippen LogP contribution in [0.3, 0.4) is 0 Å². The summed E-state index contributed by atoms with van der Waals surface area (Å²) in [6, 6.07) is 0. The maximum atomic E-state index is 12.3. The largest absolute Gasteiger partial charge is 0.375 e. The van der Waals surface area contributed by atoms with Crippen LogP contribution < -0.4 is 0 Å². The zero-order valence-corrected chi connectivity index (χ0v) is 16.1. The maximum absolute atomic E-state index is 12.3. The summed E-state index contributed by atoms with van der Waals surface area (Å²) >= 11 is 0. The molecule has 3 heterocycles. The van der Waals surface area contributed by atoms with Gasteiger partial charge < -0.3 is 14.2 Å². The molecule has 1 aromatic heterocycles. The van der Waals surface area contributed by atoms with Gasteiger partial charge in [-0.2, -0.15) is 4.98 Å². The van der Waals surface area contributed by atoms with Gasteiger partial charge in [0.2, 0.25) is 11.8 Å². The summed E-state index contributed by atoms with van der Waals surface area (Å²) in [5, 5.41) is 4.19. The Balaban J connectivity index is 1.31. The third kappa shape index (κ3) is 4.11. The molecule has 2 saturated heterocycles. The Morgan fingerprint density at radius 2 is 2.04 bits per heavy atom. The van der Waals surface area contributed by atoms with E-state index in [1.807, 2.05) is 4.90 Å². The molecular formula is C20H31N3O3. The Morgan fingerprint density at radius 3 is 2.73 bits per heavy atom. The smallest absolute Gasteiger partial charge is 0.229 e. The average Bonchev–Trinajstić information content (AvgIpc) is 3.35. The summed E-state index contributed by atoms with van der Waals surface area (Å²) in [7, 11) is 0. The highest BCUT2D eigenvalue weighted by molar-refractivity contribution is 5.76. The number of piperidine rings is 1. The van der Waals surface area contributed by atoms with Crippen molar-refractivity contribution in [3.05, 3.63) is 11.7 Å². The molecule has 0 bridgehead atoms. The molecule has 1 atom stereocenters. The van der Waals surface area contributed by atoms with E-state index in [2.05, 4.69) is 24.0 Å². The predicted octanol–water partition coefficient (Wildman–Crippen LogP) is 3.32. The standard InChI is InChI=1S/C20H31N3O3/c1-14(2)11-18(24)23-8-6-20(7-9-23)13-15(5-10-25-20)12-17-21-19(26-22-17)16-3-4-16/h14-16H,3-13H2,1-2H3. The number of carbonyl (C=O) groups is 1. The number of hydrogen-bond acceptors (Lipinski definition) is 5. The highest BCUT2D eigenvalue weighted by atomic mass is 16.5. The van der Waals surface area contributed by atoms with Gasteiger partial charge in [0.25, 0.3) is 0 Å². The van der Waals surface area contributed by atoms with Gasteiger partial charge in [0.15, 0.2) is 5.82 Å². The first-order valence-corrected chi connectivity index (χ1v) is 10.3. The minimum atomic E-state index is -0.0550. The van der Waals surface area contributed by atoms with E-state index in [-0.39, 0.29) is 5.60 Å². The van der Waals surface area contributed by atoms with Crippen molar-refractivity contribution in [2.45, 2.75) is 76.7 Å². The molecule has 0 radical (unpaired) electrons. The summed E-state index contributed by atoms with van der Waals surface area (Å²) in [6.07, 6.45) is 7.93. The molecule has 26 heavy (non-hydrogen) atoms. The van der Waals surface area contributed by atoms with Crippen molar-refractivity contribution >= 4 is 5.91 Å². The van der Waals surface area contributed by atoms with Crippen LogP contribution in [-0.4, -0.2) is 46.2 Å². The van der Waals surface area contributed by atoms with Gasteiger partial charge >= 0.3 is 0 Å². The van der Waals surface area contributed by atoms with Crippen LogP contribution in [0, 0.1) is 11.8 Å². The third-order valence-corrected chi connectivity index (χ3v) is 6.09. The Morgan fingerprint density at radius 1 is 1.27 bits per heavy atom. The van der Waals surface area contributed by atoms with Gasteiger partial charge in [-0.1, -0.05) is 19.0 Å². The van der Waals surface area contributed by atoms with Gasteiger partial charge in [-0.05, 0) is 50.4 Å². The number of carbonyl (C=O) groups excluding carboxylic acids is 1. The normalized spacial score (nSPS) is 25.8. The summed E-state index contributed by atoms with van der Waals surface area (Å²) in [5.41, 5.74) is -0.0550. The molecule has 2 aliphatic heterocycles. The molecule has 0 N–H and O–H groups in total. The van der Waals surface area contributed by atoms with Crippen molar-refractivity contribution in [2.24, 2.45) is 11.8 Å². The van der Waals surface area contributed by atoms with Gasteiger partial charge in [-0.15, -0.1) is 0 Å². The molecule has 1 spiro atoms. The molecule has 4 rings (SSSR count). The van der Waals surface area contributed by atoms with E-state index in [0.717, 1.165) is 63.5 Å². The quantitative estimate of drug-likeness (QED) is 0.805. The van der Waals surface area contributed by atoms with Gasteiger partial charge in [0, 0.05) is 38.5 Å². The predicted molar refractivity (Wildman–Crippen MR) is 96.7 cm³/mol. The molecule has 6 nitrogen and oxygen atoms in total. The second-order valence-electron chi connectivity index (χ2n) is 8.90. The lowest BCUT2D eigenvalue weighted by Crippen LogP contribution is -2.51. The van der Waals surface area contributed by atoms with Crippen LogP contribution in [0.25, 0.3) is 0 Å². The SMILES string of the molecule is CC(C)CC(=O)N1CCC2(CC1)CC(Cc1noc(C3CC3)n1)CCO2. The summed E-state index contributed by atoms with van der Waals surface area (Å²) in [6.45, 7) is 6.66. The zero-order valence-electron chi connectivity index (χ0n) is 16.1. The minimum absolute atomic E-state index is 0.0550. The van der Waals surface area contributed by atoms with E-state index in [1.165, 1.54) is 12.8 Å². The second kappa shape index (κ2) is 7.29. The maximum Gasteiger partial charge on any atom is 0.229 e. The molecule has 1 aromatic rings. The lowest BCUT2D eigenvalue weighted by molar-refractivity contribution is -0.147. The van der Waals surface area contributed by atoms with Crippen molar-refractivity contribution in [3.8, 4) is 0 Å². The number of amides is 1. The van der Waals surface area contributed by atoms with Gasteiger partial charge in [-0.25, -0.2) is 0 Å². The first-order valence-electron chi connectivity index (χ1n) is 10.3. The molecule has 0 aromatic carbocycles. The second-order valence-corrected chi connectivity index (χ2v) is 8.90. The molecular weight excluding hydrogens is 330 g/mol. The first-order chi connectivity index (χ1) is 12.5. The van der Waals surface area contributed by atoms with E-state index in [4.69, 9.17) is 9.26 Å². The van der Waals surface area contributed by atoms with Crippen molar-refractivity contribution in [1.29, 1.82) is 0 Å². The number of nitrogens with zero attached hydrogens (tertiary/aromatic N) is 3. The molecule has 1 aliphatic carbocycles. The number of aromatic nitrogens is 2. The highest BCUT2D eigenvalue weighted by Gasteiger charge is 2.41. The minimum Gasteiger partial charge on any atom is -0.375 e. The van der Waals surface area contributed by atoms with Crippen LogP contribution in [0.5, 0.6) is 0 Å². The fourth-order valence-electron chi connectivity index (χ4n) is 4.40. The van der Waals surface area contributed by atoms with Crippen LogP contribution in [0.2, 0.25) is 0 Å². The van der Waals surface area contributed by atoms with E-state index >= 15 is 0 Å². The molecule has 144 valence electrons. The first kappa shape index (κ1) is 18.0. The Kier molecular flexibility index (Phi) is 5.04. The van der Waals surface area contributed by atoms with Crippen LogP contribution >= 0.6 is 0 Å². The zero-order chi connectivity index (χ0) is 18.1. The molecule has 1 saturated carbocycles. The molecule has 3 fully saturated rings. The van der Waals surface area contributed by atoms with Crippen molar-refractivity contribution < 1.29 is 14.1 Å². The average molecular weight is 361 g/mol. The van der Waals surface area contributed by atoms with Gasteiger partial charge in [-0.3, -0.25) is 4.79 Å². The van der Waals surface area contributed by atoms with Crippen molar-refractivity contribution in [3.63, 3.8) is 0 Å². The Bertz CT molecular complexity index is 630. The Labute approximate surface area is 155 Å². The van der Waals surface area contributed by atoms with E-state index in [1.54, 1.807) is 0 Å². The van der Waals surface area contributed by atoms with Crippen molar-refractivity contribution in [1.82, 2.24) is 15.0 Å². The van der Waals surface area contributed by atoms with Crippen LogP contribution in [0.15, 0.2) is 4.52 Å². The van der Waals surface area contributed by atoms with E-state index in [0.29, 0.717) is 30.1 Å². The van der Waals surface area contributed by atoms with Crippen LogP contribution in [-0.2, 0) is 16.0 Å². The number of ether oxygens (including phenoxy) is 1. The molecule has 6 heteroatoms. The summed E-state index contributed by atoms with van der Waals surface area (Å²) < 4.78 is 11.6. The van der Waals surface area contributed by atoms with Crippen LogP contribution in [0.4, 0.5) is 0 Å². The Hall–Kier alpha value is -1.43. The van der Waals surface area contributed by atoms with E-state index in [9.17, 15) is 4.79 Å². The lowest BCUT2D eigenvalue weighted by Gasteiger charge is -2.46. The number of rotatable bonds is 5. The lowest BCUT2D eigenvalue weighted by atomic mass is 9.78. The fourth-order valence-corrected chi connectivity index (χ4v) is 4.40. The molecule has 1 amide bonds. The molecule has 1 unspecified atom stereocenters. The fraction of sp³-hybridized carbons (Fsp3) is 0.850. The highest BCUT2D eigenvalue weighted by Crippen LogP contribution is 2.40. The van der Waals surface area contributed by atoms with Gasteiger partial charge in [0.1, 0.15) is 0 Å². The summed E-state index contributed by atoms with van der Waals surface area (Å²) in [5.74, 6) is 3.47. The third-order valence-electron chi connectivity index (χ3n) is 6.09. The van der Waals surface area contributed by atoms with Gasteiger partial charge in [0.05, 0.1) is 5.60 Å². The van der Waals surface area contributed by atoms with E-state index < -0.39 is 0 Å². The number of hydrogen-bond donors (Lipinski definition) is 0. The topological polar surface area (TPSA) is 68.5 Å². The number of likely N-dealkylation sites (tertiary alicyclic amines) is 1.